The summed E-state index contributed by atoms with van der Waals surface area (Å²) in [5.74, 6) is -5.37. The van der Waals surface area contributed by atoms with Crippen molar-refractivity contribution < 1.29 is 31.5 Å². The van der Waals surface area contributed by atoms with Crippen molar-refractivity contribution in [2.24, 2.45) is 11.8 Å². The molecule has 1 heterocycles. The molecule has 5 rings (SSSR count). The van der Waals surface area contributed by atoms with Crippen molar-refractivity contribution in [3.05, 3.63) is 82.9 Å². The highest BCUT2D eigenvalue weighted by atomic mass is 35.5. The minimum atomic E-state index is -3.82. The summed E-state index contributed by atoms with van der Waals surface area (Å²) < 4.78 is 68.2. The van der Waals surface area contributed by atoms with E-state index in [1.54, 1.807) is 12.1 Å². The summed E-state index contributed by atoms with van der Waals surface area (Å²) in [5, 5.41) is 14.4. The first-order valence-electron chi connectivity index (χ1n) is 12.5. The summed E-state index contributed by atoms with van der Waals surface area (Å²) in [7, 11) is -3.82. The number of sulfonamides is 1. The molecule has 2 bridgehead atoms. The van der Waals surface area contributed by atoms with Crippen LogP contribution in [0, 0.1) is 29.3 Å². The third-order valence-electron chi connectivity index (χ3n) is 7.59. The molecule has 0 saturated heterocycles. The van der Waals surface area contributed by atoms with Crippen LogP contribution in [-0.2, 0) is 10.0 Å². The van der Waals surface area contributed by atoms with Gasteiger partial charge in [0.2, 0.25) is 10.0 Å². The molecule has 1 aromatic heterocycles. The second-order valence-electron chi connectivity index (χ2n) is 10.0. The second kappa shape index (κ2) is 11.3. The van der Waals surface area contributed by atoms with Crippen LogP contribution in [0.15, 0.2) is 64.6 Å². The zero-order valence-corrected chi connectivity index (χ0v) is 23.3. The van der Waals surface area contributed by atoms with Crippen LogP contribution >= 0.6 is 23.4 Å². The predicted octanol–water partition coefficient (Wildman–Crippen LogP) is 5.39. The number of nitrogens with zero attached hydrogens (tertiary/aromatic N) is 1. The van der Waals surface area contributed by atoms with Gasteiger partial charge in [0.25, 0.3) is 5.91 Å². The van der Waals surface area contributed by atoms with Gasteiger partial charge in [-0.2, -0.15) is 0 Å². The van der Waals surface area contributed by atoms with Gasteiger partial charge in [-0.05, 0) is 67.9 Å². The van der Waals surface area contributed by atoms with E-state index in [0.29, 0.717) is 34.9 Å². The molecule has 3 unspecified atom stereocenters. The topological polar surface area (TPSA) is 108 Å². The molecule has 3 N–H and O–H groups in total. The van der Waals surface area contributed by atoms with Crippen LogP contribution in [0.5, 0.6) is 0 Å². The van der Waals surface area contributed by atoms with Crippen molar-refractivity contribution in [2.75, 3.05) is 11.9 Å². The Hall–Kier alpha value is -2.64. The number of benzene rings is 2. The van der Waals surface area contributed by atoms with Crippen molar-refractivity contribution in [2.45, 2.75) is 46.3 Å². The minimum absolute atomic E-state index is 0.0310. The average molecular weight is 612 g/mol. The number of amides is 1. The number of fused-ring (bicyclic) bond motifs is 2. The van der Waals surface area contributed by atoms with Gasteiger partial charge in [0.05, 0.1) is 10.6 Å². The maximum absolute atomic E-state index is 13.5. The minimum Gasteiger partial charge on any atom is -0.388 e. The lowest BCUT2D eigenvalue weighted by molar-refractivity contribution is -0.0520. The lowest BCUT2D eigenvalue weighted by atomic mass is 9.74. The fourth-order valence-electron chi connectivity index (χ4n) is 5.54. The van der Waals surface area contributed by atoms with Crippen LogP contribution in [0.4, 0.5) is 18.9 Å². The van der Waals surface area contributed by atoms with Gasteiger partial charge in [-0.1, -0.05) is 11.6 Å². The number of halogens is 4. The molecule has 2 saturated carbocycles. The highest BCUT2D eigenvalue weighted by Gasteiger charge is 2.53. The second-order valence-corrected chi connectivity index (χ2v) is 13.6. The first-order chi connectivity index (χ1) is 19.0. The number of hydrogen-bond donors (Lipinski definition) is 3. The fourth-order valence-corrected chi connectivity index (χ4v) is 8.23. The van der Waals surface area contributed by atoms with Crippen LogP contribution in [0.25, 0.3) is 0 Å². The molecule has 3 aromatic rings. The molecule has 0 aliphatic heterocycles. The number of carbonyl (C=O) groups is 1. The highest BCUT2D eigenvalue weighted by Crippen LogP contribution is 2.53. The first-order valence-corrected chi connectivity index (χ1v) is 15.2. The molecule has 212 valence electrons. The van der Waals surface area contributed by atoms with E-state index in [1.165, 1.54) is 42.4 Å². The number of pyridine rings is 1. The number of nitrogens with one attached hydrogen (secondary N) is 2. The van der Waals surface area contributed by atoms with E-state index < -0.39 is 39.0 Å². The molecule has 0 spiro atoms. The van der Waals surface area contributed by atoms with E-state index in [4.69, 9.17) is 11.6 Å². The summed E-state index contributed by atoms with van der Waals surface area (Å²) in [6, 6.07) is 8.94. The quantitative estimate of drug-likeness (QED) is 0.295. The van der Waals surface area contributed by atoms with E-state index in [2.05, 4.69) is 15.0 Å². The van der Waals surface area contributed by atoms with Gasteiger partial charge in [-0.25, -0.2) is 26.3 Å². The Balaban J connectivity index is 1.25. The SMILES string of the molecule is O=C(Nc1cc(F)c(F)c(F)c1)c1ccc(Cl)c(SC2CC3CC[C@@H](C2)C3(O)CNS(=O)(=O)c2cccnc2)c1. The molecular formula is C27H25ClF3N3O4S2. The van der Waals surface area contributed by atoms with Crippen LogP contribution in [-0.4, -0.2) is 41.8 Å². The number of carbonyl (C=O) groups excluding carboxylic acids is 1. The summed E-state index contributed by atoms with van der Waals surface area (Å²) in [5.41, 5.74) is -1.22. The molecule has 0 radical (unpaired) electrons. The van der Waals surface area contributed by atoms with E-state index in [9.17, 15) is 31.5 Å². The smallest absolute Gasteiger partial charge is 0.255 e. The Morgan fingerprint density at radius 2 is 1.77 bits per heavy atom. The first kappa shape index (κ1) is 28.9. The van der Waals surface area contributed by atoms with Crippen molar-refractivity contribution in [3.63, 3.8) is 0 Å². The van der Waals surface area contributed by atoms with Crippen LogP contribution in [0.1, 0.15) is 36.0 Å². The fraction of sp³-hybridized carbons (Fsp3) is 0.333. The number of aromatic nitrogens is 1. The van der Waals surface area contributed by atoms with E-state index in [0.717, 1.165) is 12.8 Å². The third kappa shape index (κ3) is 5.87. The number of aliphatic hydroxyl groups is 1. The van der Waals surface area contributed by atoms with Gasteiger partial charge in [0.15, 0.2) is 17.5 Å². The molecule has 2 fully saturated rings. The van der Waals surface area contributed by atoms with Gasteiger partial charge in [-0.15, -0.1) is 11.8 Å². The Morgan fingerprint density at radius 3 is 2.40 bits per heavy atom. The number of hydrogen-bond acceptors (Lipinski definition) is 6. The molecule has 2 aliphatic carbocycles. The summed E-state index contributed by atoms with van der Waals surface area (Å²) >= 11 is 7.88. The third-order valence-corrected chi connectivity index (χ3v) is 10.7. The highest BCUT2D eigenvalue weighted by molar-refractivity contribution is 8.00. The molecule has 2 aliphatic rings. The van der Waals surface area contributed by atoms with E-state index in [1.807, 2.05) is 0 Å². The lowest BCUT2D eigenvalue weighted by Gasteiger charge is -2.42. The molecule has 1 amide bonds. The number of anilines is 1. The van der Waals surface area contributed by atoms with Crippen molar-refractivity contribution in [3.8, 4) is 0 Å². The zero-order valence-electron chi connectivity index (χ0n) is 20.9. The van der Waals surface area contributed by atoms with Crippen molar-refractivity contribution in [1.29, 1.82) is 0 Å². The molecular weight excluding hydrogens is 587 g/mol. The average Bonchev–Trinajstić information content (AvgIpc) is 3.08. The monoisotopic (exact) mass is 611 g/mol. The van der Waals surface area contributed by atoms with Gasteiger partial charge < -0.3 is 10.4 Å². The normalized spacial score (nSPS) is 24.2. The number of thioether (sulfide) groups is 1. The van der Waals surface area contributed by atoms with Crippen LogP contribution in [0.2, 0.25) is 5.02 Å². The lowest BCUT2D eigenvalue weighted by Crippen LogP contribution is -2.53. The molecule has 4 atom stereocenters. The van der Waals surface area contributed by atoms with Gasteiger partial charge in [0, 0.05) is 52.5 Å². The molecule has 40 heavy (non-hydrogen) atoms. The van der Waals surface area contributed by atoms with Crippen LogP contribution in [0.3, 0.4) is 0 Å². The maximum Gasteiger partial charge on any atom is 0.255 e. The van der Waals surface area contributed by atoms with Gasteiger partial charge >= 0.3 is 0 Å². The largest absolute Gasteiger partial charge is 0.388 e. The van der Waals surface area contributed by atoms with Gasteiger partial charge in [-0.3, -0.25) is 9.78 Å². The zero-order chi connectivity index (χ0) is 28.7. The van der Waals surface area contributed by atoms with Crippen LogP contribution < -0.4 is 10.0 Å². The number of rotatable bonds is 8. The Kier molecular flexibility index (Phi) is 8.17. The Morgan fingerprint density at radius 1 is 1.10 bits per heavy atom. The van der Waals surface area contributed by atoms with Crippen molar-refractivity contribution in [1.82, 2.24) is 9.71 Å². The van der Waals surface area contributed by atoms with E-state index in [-0.39, 0.29) is 39.8 Å². The Bertz CT molecular complexity index is 1510. The van der Waals surface area contributed by atoms with E-state index >= 15 is 0 Å². The molecule has 2 aromatic carbocycles. The van der Waals surface area contributed by atoms with Gasteiger partial charge in [0.1, 0.15) is 4.90 Å². The summed E-state index contributed by atoms with van der Waals surface area (Å²) in [6.45, 7) is -0.0993. The summed E-state index contributed by atoms with van der Waals surface area (Å²) in [6.07, 6.45) is 5.48. The maximum atomic E-state index is 13.5. The molecule has 7 nitrogen and oxygen atoms in total. The predicted molar refractivity (Wildman–Crippen MR) is 145 cm³/mol. The Labute approximate surface area is 238 Å². The molecule has 13 heteroatoms. The summed E-state index contributed by atoms with van der Waals surface area (Å²) in [4.78, 5) is 17.2. The standard InChI is InChI=1S/C27H25ClF3N3O4S2/c28-21-6-3-15(26(35)34-18-11-22(29)25(31)23(30)12-18)8-24(21)39-19-9-16-4-5-17(10-19)27(16,36)14-33-40(37,38)20-2-1-7-32-13-20/h1-3,6-8,11-13,16-17,19,33,36H,4-5,9-10,14H2,(H,34,35)/t16-,17?,19?,27?/m0/s1. The van der Waals surface area contributed by atoms with Crippen molar-refractivity contribution >= 4 is 45.0 Å².